The topological polar surface area (TPSA) is 90.9 Å². The summed E-state index contributed by atoms with van der Waals surface area (Å²) in [6.07, 6.45) is 0. The lowest BCUT2D eigenvalue weighted by Crippen LogP contribution is -2.18. The third-order valence-electron chi connectivity index (χ3n) is 3.81. The Bertz CT molecular complexity index is 900. The second-order valence-corrected chi connectivity index (χ2v) is 6.07. The van der Waals surface area contributed by atoms with Crippen molar-refractivity contribution in [2.75, 3.05) is 18.1 Å². The van der Waals surface area contributed by atoms with Crippen LogP contribution in [0.25, 0.3) is 0 Å². The van der Waals surface area contributed by atoms with Gasteiger partial charge in [-0.15, -0.1) is 0 Å². The fraction of sp³-hybridized carbons (Fsp3) is 0.150. The maximum absolute atomic E-state index is 8.87. The number of rotatable bonds is 6. The smallest absolute Gasteiger partial charge is 0.222 e. The number of hydrogen-bond donors (Lipinski definition) is 2. The Balaban J connectivity index is 1.69. The van der Waals surface area contributed by atoms with Crippen LogP contribution in [-0.2, 0) is 13.1 Å². The fourth-order valence-electron chi connectivity index (χ4n) is 2.67. The number of hydrogen-bond acceptors (Lipinski definition) is 6. The lowest BCUT2D eigenvalue weighted by Gasteiger charge is -2.17. The van der Waals surface area contributed by atoms with E-state index in [2.05, 4.69) is 38.4 Å². The second kappa shape index (κ2) is 8.10. The van der Waals surface area contributed by atoms with Crippen molar-refractivity contribution in [1.29, 1.82) is 5.26 Å². The van der Waals surface area contributed by atoms with Crippen molar-refractivity contribution in [2.24, 2.45) is 0 Å². The number of nitrogens with one attached hydrogen (secondary N) is 1. The third kappa shape index (κ3) is 4.79. The van der Waals surface area contributed by atoms with Crippen molar-refractivity contribution in [3.05, 3.63) is 77.5 Å². The number of nitrogens with zero attached hydrogens (tertiary/aromatic N) is 4. The average Bonchev–Trinajstić information content (AvgIpc) is 2.62. The largest absolute Gasteiger partial charge is 0.368 e. The van der Waals surface area contributed by atoms with Gasteiger partial charge in [-0.25, -0.2) is 4.98 Å². The molecule has 6 nitrogen and oxygen atoms in total. The Morgan fingerprint density at radius 1 is 1.04 bits per heavy atom. The summed E-state index contributed by atoms with van der Waals surface area (Å²) in [5.41, 5.74) is 9.40. The summed E-state index contributed by atoms with van der Waals surface area (Å²) in [5.74, 6) is 0.858. The summed E-state index contributed by atoms with van der Waals surface area (Å²) in [7, 11) is 2.04. The van der Waals surface area contributed by atoms with Gasteiger partial charge in [0.25, 0.3) is 0 Å². The van der Waals surface area contributed by atoms with Gasteiger partial charge >= 0.3 is 0 Å². The minimum atomic E-state index is 0.228. The van der Waals surface area contributed by atoms with Gasteiger partial charge in [-0.3, -0.25) is 4.90 Å². The first-order valence-electron chi connectivity index (χ1n) is 8.25. The summed E-state index contributed by atoms with van der Waals surface area (Å²) in [6.45, 7) is 1.48. The molecule has 130 valence electrons. The molecule has 0 fully saturated rings. The third-order valence-corrected chi connectivity index (χ3v) is 3.81. The Morgan fingerprint density at radius 2 is 1.77 bits per heavy atom. The summed E-state index contributed by atoms with van der Waals surface area (Å²) in [4.78, 5) is 10.7. The number of nitrogens with two attached hydrogens (primary N) is 1. The molecule has 0 aliphatic rings. The number of anilines is 3. The molecule has 3 rings (SSSR count). The fourth-order valence-corrected chi connectivity index (χ4v) is 2.67. The molecular weight excluding hydrogens is 324 g/mol. The van der Waals surface area contributed by atoms with E-state index >= 15 is 0 Å². The molecule has 6 heteroatoms. The quantitative estimate of drug-likeness (QED) is 0.713. The molecule has 0 saturated carbocycles. The van der Waals surface area contributed by atoms with Crippen LogP contribution < -0.4 is 11.1 Å². The van der Waals surface area contributed by atoms with Gasteiger partial charge in [0.05, 0.1) is 17.3 Å². The van der Waals surface area contributed by atoms with Crippen LogP contribution in [0.2, 0.25) is 0 Å². The Morgan fingerprint density at radius 3 is 2.46 bits per heavy atom. The molecule has 0 aliphatic heterocycles. The van der Waals surface area contributed by atoms with Crippen LogP contribution in [0.5, 0.6) is 0 Å². The van der Waals surface area contributed by atoms with Crippen LogP contribution in [0.15, 0.2) is 60.7 Å². The highest BCUT2D eigenvalue weighted by atomic mass is 15.1. The SMILES string of the molecule is CN(Cc1ccccc1)Cc1cc(Nc2ccc(C#N)cc2)nc(N)n1. The van der Waals surface area contributed by atoms with E-state index in [0.717, 1.165) is 17.9 Å². The molecule has 0 amide bonds. The van der Waals surface area contributed by atoms with Crippen molar-refractivity contribution in [2.45, 2.75) is 13.1 Å². The monoisotopic (exact) mass is 344 g/mol. The van der Waals surface area contributed by atoms with Gasteiger partial charge in [-0.1, -0.05) is 30.3 Å². The first kappa shape index (κ1) is 17.4. The maximum Gasteiger partial charge on any atom is 0.222 e. The van der Waals surface area contributed by atoms with E-state index in [4.69, 9.17) is 11.0 Å². The molecule has 3 aromatic rings. The zero-order chi connectivity index (χ0) is 18.4. The number of benzene rings is 2. The maximum atomic E-state index is 8.87. The molecule has 3 N–H and O–H groups in total. The predicted octanol–water partition coefficient (Wildman–Crippen LogP) is 3.31. The minimum Gasteiger partial charge on any atom is -0.368 e. The van der Waals surface area contributed by atoms with Crippen LogP contribution in [0.3, 0.4) is 0 Å². The highest BCUT2D eigenvalue weighted by molar-refractivity contribution is 5.58. The van der Waals surface area contributed by atoms with Crippen LogP contribution in [0, 0.1) is 11.3 Å². The van der Waals surface area contributed by atoms with Gasteiger partial charge in [0.2, 0.25) is 5.95 Å². The zero-order valence-corrected chi connectivity index (χ0v) is 14.6. The molecule has 0 aliphatic carbocycles. The van der Waals surface area contributed by atoms with Gasteiger partial charge in [0.15, 0.2) is 0 Å². The normalized spacial score (nSPS) is 10.5. The lowest BCUT2D eigenvalue weighted by atomic mass is 10.2. The van der Waals surface area contributed by atoms with E-state index in [-0.39, 0.29) is 5.95 Å². The van der Waals surface area contributed by atoms with Gasteiger partial charge in [0, 0.05) is 24.8 Å². The molecule has 2 aromatic carbocycles. The Labute approximate surface area is 152 Å². The minimum absolute atomic E-state index is 0.228. The highest BCUT2D eigenvalue weighted by Crippen LogP contribution is 2.17. The van der Waals surface area contributed by atoms with Crippen molar-refractivity contribution in [3.8, 4) is 6.07 Å². The first-order valence-corrected chi connectivity index (χ1v) is 8.25. The molecule has 0 unspecified atom stereocenters. The van der Waals surface area contributed by atoms with Gasteiger partial charge in [-0.05, 0) is 36.9 Å². The van der Waals surface area contributed by atoms with E-state index < -0.39 is 0 Å². The molecule has 0 bridgehead atoms. The number of nitriles is 1. The Kier molecular flexibility index (Phi) is 5.42. The predicted molar refractivity (Wildman–Crippen MR) is 102 cm³/mol. The summed E-state index contributed by atoms with van der Waals surface area (Å²) in [5, 5.41) is 12.1. The van der Waals surface area contributed by atoms with Gasteiger partial charge in [0.1, 0.15) is 5.82 Å². The first-order chi connectivity index (χ1) is 12.6. The average molecular weight is 344 g/mol. The number of nitrogen functional groups attached to an aromatic ring is 1. The van der Waals surface area contributed by atoms with Gasteiger partial charge in [-0.2, -0.15) is 10.2 Å². The number of aromatic nitrogens is 2. The van der Waals surface area contributed by atoms with E-state index in [1.54, 1.807) is 12.1 Å². The Hall–Kier alpha value is -3.43. The molecular formula is C20H20N6. The molecule has 0 radical (unpaired) electrons. The van der Waals surface area contributed by atoms with Crippen molar-refractivity contribution >= 4 is 17.5 Å². The van der Waals surface area contributed by atoms with Crippen molar-refractivity contribution in [1.82, 2.24) is 14.9 Å². The van der Waals surface area contributed by atoms with Crippen LogP contribution in [-0.4, -0.2) is 21.9 Å². The highest BCUT2D eigenvalue weighted by Gasteiger charge is 2.07. The van der Waals surface area contributed by atoms with Gasteiger partial charge < -0.3 is 11.1 Å². The van der Waals surface area contributed by atoms with E-state index in [0.29, 0.717) is 17.9 Å². The van der Waals surface area contributed by atoms with Crippen LogP contribution in [0.1, 0.15) is 16.8 Å². The lowest BCUT2D eigenvalue weighted by molar-refractivity contribution is 0.315. The molecule has 1 aromatic heterocycles. The standard InChI is InChI=1S/C20H20N6/c1-26(13-16-5-3-2-4-6-16)14-18-11-19(25-20(22)24-18)23-17-9-7-15(12-21)8-10-17/h2-11H,13-14H2,1H3,(H3,22,23,24,25). The van der Waals surface area contributed by atoms with E-state index in [1.807, 2.05) is 43.4 Å². The van der Waals surface area contributed by atoms with Crippen LogP contribution in [0.4, 0.5) is 17.5 Å². The molecule has 26 heavy (non-hydrogen) atoms. The second-order valence-electron chi connectivity index (χ2n) is 6.07. The zero-order valence-electron chi connectivity index (χ0n) is 14.6. The van der Waals surface area contributed by atoms with Crippen molar-refractivity contribution in [3.63, 3.8) is 0 Å². The molecule has 1 heterocycles. The summed E-state index contributed by atoms with van der Waals surface area (Å²) < 4.78 is 0. The molecule has 0 spiro atoms. The summed E-state index contributed by atoms with van der Waals surface area (Å²) >= 11 is 0. The molecule has 0 atom stereocenters. The molecule has 0 saturated heterocycles. The van der Waals surface area contributed by atoms with Crippen LogP contribution >= 0.6 is 0 Å². The van der Waals surface area contributed by atoms with E-state index in [9.17, 15) is 0 Å². The van der Waals surface area contributed by atoms with E-state index in [1.165, 1.54) is 5.56 Å². The van der Waals surface area contributed by atoms with Crippen molar-refractivity contribution < 1.29 is 0 Å². The summed E-state index contributed by atoms with van der Waals surface area (Å²) in [6, 6.07) is 21.4.